The highest BCUT2D eigenvalue weighted by Crippen LogP contribution is 2.53. The maximum absolute atomic E-state index is 12.6. The largest absolute Gasteiger partial charge is 0.412 e. The molecular formula is C19H25F6N6O4P. The summed E-state index contributed by atoms with van der Waals surface area (Å²) in [6.45, 7) is -2.41. The molecule has 10 nitrogen and oxygen atoms in total. The van der Waals surface area contributed by atoms with Gasteiger partial charge in [-0.25, -0.2) is 4.98 Å². The van der Waals surface area contributed by atoms with Crippen LogP contribution >= 0.6 is 7.60 Å². The zero-order valence-electron chi connectivity index (χ0n) is 19.0. The standard InChI is InChI=1S/C19H25F6N6O4P/c20-18(21,22)9-34-36(32,35-10-19(23,24)25)12-33-17(4-5-17)8-31-11-27-13-14(28-16(26)29-15(13)31)30-6-2-1-3-7-30/h11H,1-10,12H2,(H2,26,28,29). The maximum atomic E-state index is 12.6. The number of aromatic nitrogens is 4. The number of nitrogen functional groups attached to an aromatic ring is 1. The number of fused-ring (bicyclic) bond motifs is 1. The van der Waals surface area contributed by atoms with Gasteiger partial charge in [-0.2, -0.15) is 36.3 Å². The fourth-order valence-electron chi connectivity index (χ4n) is 3.86. The molecule has 2 aromatic heterocycles. The van der Waals surface area contributed by atoms with E-state index in [0.717, 1.165) is 32.4 Å². The molecule has 1 saturated heterocycles. The fourth-order valence-corrected chi connectivity index (χ4v) is 5.20. The van der Waals surface area contributed by atoms with Gasteiger partial charge in [-0.3, -0.25) is 13.6 Å². The molecule has 2 aliphatic rings. The quantitative estimate of drug-likeness (QED) is 0.345. The summed E-state index contributed by atoms with van der Waals surface area (Å²) in [6, 6.07) is 0. The molecule has 2 aromatic rings. The van der Waals surface area contributed by atoms with Crippen LogP contribution in [0.4, 0.5) is 38.1 Å². The van der Waals surface area contributed by atoms with E-state index in [1.807, 2.05) is 0 Å². The highest BCUT2D eigenvalue weighted by Gasteiger charge is 2.48. The van der Waals surface area contributed by atoms with Crippen LogP contribution in [-0.2, 0) is 24.9 Å². The molecule has 36 heavy (non-hydrogen) atoms. The first-order valence-electron chi connectivity index (χ1n) is 11.2. The molecule has 3 heterocycles. The van der Waals surface area contributed by atoms with E-state index >= 15 is 0 Å². The number of alkyl halides is 6. The molecule has 0 unspecified atom stereocenters. The van der Waals surface area contributed by atoms with Crippen molar-refractivity contribution in [2.45, 2.75) is 56.6 Å². The number of hydrogen-bond donors (Lipinski definition) is 1. The van der Waals surface area contributed by atoms with Crippen molar-refractivity contribution in [3.8, 4) is 0 Å². The van der Waals surface area contributed by atoms with Crippen LogP contribution in [0.25, 0.3) is 11.2 Å². The first kappa shape index (κ1) is 26.9. The Morgan fingerprint density at radius 1 is 1.00 bits per heavy atom. The van der Waals surface area contributed by atoms with Gasteiger partial charge in [0.2, 0.25) is 5.95 Å². The van der Waals surface area contributed by atoms with Crippen LogP contribution < -0.4 is 10.6 Å². The second-order valence-electron chi connectivity index (χ2n) is 8.84. The molecule has 0 aromatic carbocycles. The third kappa shape index (κ3) is 6.99. The van der Waals surface area contributed by atoms with Crippen molar-refractivity contribution in [2.75, 3.05) is 43.3 Å². The Bertz CT molecular complexity index is 1090. The smallest absolute Gasteiger partial charge is 0.368 e. The molecule has 0 amide bonds. The summed E-state index contributed by atoms with van der Waals surface area (Å²) in [4.78, 5) is 15.1. The second-order valence-corrected chi connectivity index (χ2v) is 10.8. The Labute approximate surface area is 201 Å². The zero-order chi connectivity index (χ0) is 26.2. The molecule has 1 saturated carbocycles. The SMILES string of the molecule is Nc1nc(N2CCCCC2)c2ncn(CC3(OCP(=O)(OCC(F)(F)F)OCC(F)(F)F)CC3)c2n1. The highest BCUT2D eigenvalue weighted by molar-refractivity contribution is 7.53. The van der Waals surface area contributed by atoms with Gasteiger partial charge in [0, 0.05) is 13.1 Å². The average molecular weight is 546 g/mol. The number of anilines is 2. The van der Waals surface area contributed by atoms with Crippen molar-refractivity contribution in [1.82, 2.24) is 19.5 Å². The summed E-state index contributed by atoms with van der Waals surface area (Å²) in [7, 11) is -4.88. The number of ether oxygens (including phenoxy) is 1. The summed E-state index contributed by atoms with van der Waals surface area (Å²) in [5.41, 5.74) is 5.81. The topological polar surface area (TPSA) is 118 Å². The van der Waals surface area contributed by atoms with Gasteiger partial charge in [-0.05, 0) is 32.1 Å². The number of piperidine rings is 1. The minimum Gasteiger partial charge on any atom is -0.368 e. The van der Waals surface area contributed by atoms with Crippen molar-refractivity contribution in [3.05, 3.63) is 6.33 Å². The van der Waals surface area contributed by atoms with Crippen LogP contribution in [0, 0.1) is 0 Å². The molecule has 4 rings (SSSR count). The molecule has 202 valence electrons. The van der Waals surface area contributed by atoms with E-state index < -0.39 is 45.1 Å². The lowest BCUT2D eigenvalue weighted by atomic mass is 10.1. The Kier molecular flexibility index (Phi) is 7.43. The van der Waals surface area contributed by atoms with E-state index in [1.165, 1.54) is 6.33 Å². The summed E-state index contributed by atoms with van der Waals surface area (Å²) in [6.07, 6.45) is -5.53. The predicted octanol–water partition coefficient (Wildman–Crippen LogP) is 4.26. The number of halogens is 6. The van der Waals surface area contributed by atoms with Crippen molar-refractivity contribution in [3.63, 3.8) is 0 Å². The fraction of sp³-hybridized carbons (Fsp3) is 0.737. The van der Waals surface area contributed by atoms with Gasteiger partial charge in [0.05, 0.1) is 18.5 Å². The number of nitrogens with two attached hydrogens (primary N) is 1. The van der Waals surface area contributed by atoms with E-state index in [1.54, 1.807) is 4.57 Å². The van der Waals surface area contributed by atoms with E-state index in [-0.39, 0.29) is 12.5 Å². The number of nitrogens with zero attached hydrogens (tertiary/aromatic N) is 5. The van der Waals surface area contributed by atoms with Gasteiger partial charge in [0.15, 0.2) is 30.2 Å². The van der Waals surface area contributed by atoms with Crippen molar-refractivity contribution >= 4 is 30.5 Å². The van der Waals surface area contributed by atoms with Gasteiger partial charge in [-0.1, -0.05) is 0 Å². The van der Waals surface area contributed by atoms with Gasteiger partial charge in [0.25, 0.3) is 0 Å². The number of hydrogen-bond acceptors (Lipinski definition) is 9. The van der Waals surface area contributed by atoms with Gasteiger partial charge >= 0.3 is 19.9 Å². The molecular weight excluding hydrogens is 521 g/mol. The third-order valence-corrected chi connectivity index (χ3v) is 7.25. The Morgan fingerprint density at radius 2 is 1.61 bits per heavy atom. The van der Waals surface area contributed by atoms with Crippen molar-refractivity contribution in [1.29, 1.82) is 0 Å². The molecule has 2 N–H and O–H groups in total. The van der Waals surface area contributed by atoms with Crippen LogP contribution in [-0.4, -0.2) is 70.1 Å². The molecule has 0 bridgehead atoms. The van der Waals surface area contributed by atoms with E-state index in [9.17, 15) is 30.9 Å². The van der Waals surface area contributed by atoms with Crippen LogP contribution in [0.15, 0.2) is 6.33 Å². The van der Waals surface area contributed by atoms with E-state index in [4.69, 9.17) is 10.5 Å². The first-order valence-corrected chi connectivity index (χ1v) is 12.9. The monoisotopic (exact) mass is 546 g/mol. The lowest BCUT2D eigenvalue weighted by Gasteiger charge is -2.27. The lowest BCUT2D eigenvalue weighted by Crippen LogP contribution is -2.30. The third-order valence-electron chi connectivity index (χ3n) is 5.76. The van der Waals surface area contributed by atoms with Gasteiger partial charge in [-0.15, -0.1) is 0 Å². The Morgan fingerprint density at radius 3 is 2.17 bits per heavy atom. The van der Waals surface area contributed by atoms with Gasteiger partial charge in [0.1, 0.15) is 6.35 Å². The second kappa shape index (κ2) is 9.95. The molecule has 0 spiro atoms. The molecule has 2 fully saturated rings. The number of imidazole rings is 1. The van der Waals surface area contributed by atoms with Crippen molar-refractivity contribution < 1.29 is 44.7 Å². The van der Waals surface area contributed by atoms with Crippen molar-refractivity contribution in [2.24, 2.45) is 0 Å². The minimum atomic E-state index is -4.92. The summed E-state index contributed by atoms with van der Waals surface area (Å²) >= 11 is 0. The summed E-state index contributed by atoms with van der Waals surface area (Å²) in [5, 5.41) is 0. The molecule has 0 radical (unpaired) electrons. The summed E-state index contributed by atoms with van der Waals surface area (Å²) < 4.78 is 104. The Hall–Kier alpha value is -2.16. The predicted molar refractivity (Wildman–Crippen MR) is 115 cm³/mol. The van der Waals surface area contributed by atoms with Crippen LogP contribution in [0.2, 0.25) is 0 Å². The van der Waals surface area contributed by atoms with Crippen LogP contribution in [0.1, 0.15) is 32.1 Å². The van der Waals surface area contributed by atoms with Crippen LogP contribution in [0.5, 0.6) is 0 Å². The molecule has 17 heteroatoms. The Balaban J connectivity index is 1.48. The normalized spacial score (nSPS) is 18.7. The zero-order valence-corrected chi connectivity index (χ0v) is 19.9. The average Bonchev–Trinajstić information content (AvgIpc) is 3.47. The van der Waals surface area contributed by atoms with Crippen LogP contribution in [0.3, 0.4) is 0 Å². The van der Waals surface area contributed by atoms with E-state index in [0.29, 0.717) is 29.8 Å². The minimum absolute atomic E-state index is 0.0289. The first-order chi connectivity index (χ1) is 16.8. The summed E-state index contributed by atoms with van der Waals surface area (Å²) in [5.74, 6) is 0.619. The maximum Gasteiger partial charge on any atom is 0.412 e. The lowest BCUT2D eigenvalue weighted by molar-refractivity contribution is -0.166. The van der Waals surface area contributed by atoms with Gasteiger partial charge < -0.3 is 19.9 Å². The van der Waals surface area contributed by atoms with E-state index in [2.05, 4.69) is 28.9 Å². The molecule has 1 aliphatic heterocycles. The molecule has 0 atom stereocenters. The molecule has 1 aliphatic carbocycles. The number of rotatable bonds is 10. The highest BCUT2D eigenvalue weighted by atomic mass is 31.2.